The van der Waals surface area contributed by atoms with Crippen LogP contribution in [0.3, 0.4) is 0 Å². The molecule has 1 aromatic rings. The number of carbonyl (C=O) groups excluding carboxylic acids is 2. The quantitative estimate of drug-likeness (QED) is 0.903. The summed E-state index contributed by atoms with van der Waals surface area (Å²) in [6, 6.07) is 8.19. The molecule has 4 aliphatic rings. The smallest absolute Gasteiger partial charge is 0.251 e. The van der Waals surface area contributed by atoms with Gasteiger partial charge in [-0.1, -0.05) is 18.6 Å². The van der Waals surface area contributed by atoms with E-state index in [-0.39, 0.29) is 11.8 Å². The Balaban J connectivity index is 1.25. The van der Waals surface area contributed by atoms with Gasteiger partial charge < -0.3 is 10.2 Å². The van der Waals surface area contributed by atoms with Crippen molar-refractivity contribution in [3.8, 4) is 0 Å². The van der Waals surface area contributed by atoms with Gasteiger partial charge >= 0.3 is 0 Å². The molecular formula is C22H28N2O2. The summed E-state index contributed by atoms with van der Waals surface area (Å²) in [7, 11) is 0. The lowest BCUT2D eigenvalue weighted by Crippen LogP contribution is -2.42. The second-order valence-corrected chi connectivity index (χ2v) is 8.85. The molecule has 0 unspecified atom stereocenters. The molecule has 5 atom stereocenters. The van der Waals surface area contributed by atoms with Gasteiger partial charge in [-0.3, -0.25) is 9.59 Å². The van der Waals surface area contributed by atoms with Gasteiger partial charge in [0.25, 0.3) is 5.91 Å². The monoisotopic (exact) mass is 352 g/mol. The molecule has 0 radical (unpaired) electrons. The Kier molecular flexibility index (Phi) is 4.02. The van der Waals surface area contributed by atoms with Gasteiger partial charge in [0.2, 0.25) is 5.91 Å². The minimum absolute atomic E-state index is 0.0618. The van der Waals surface area contributed by atoms with E-state index in [0.29, 0.717) is 24.9 Å². The average molecular weight is 352 g/mol. The molecule has 2 bridgehead atoms. The van der Waals surface area contributed by atoms with Crippen LogP contribution in [0.2, 0.25) is 0 Å². The Labute approximate surface area is 155 Å². The van der Waals surface area contributed by atoms with Gasteiger partial charge in [0, 0.05) is 31.1 Å². The first-order chi connectivity index (χ1) is 12.7. The Morgan fingerprint density at radius 1 is 1.12 bits per heavy atom. The van der Waals surface area contributed by atoms with Gasteiger partial charge in [0.05, 0.1) is 0 Å². The molecule has 1 heterocycles. The minimum atomic E-state index is 0.0618. The summed E-state index contributed by atoms with van der Waals surface area (Å²) < 4.78 is 0. The molecule has 0 spiro atoms. The van der Waals surface area contributed by atoms with Crippen molar-refractivity contribution in [3.05, 3.63) is 35.4 Å². The third-order valence-electron chi connectivity index (χ3n) is 7.48. The lowest BCUT2D eigenvalue weighted by Gasteiger charge is -2.32. The van der Waals surface area contributed by atoms with Crippen LogP contribution in [0.1, 0.15) is 60.9 Å². The fraction of sp³-hybridized carbons (Fsp3) is 0.636. The fourth-order valence-corrected chi connectivity index (χ4v) is 6.39. The van der Waals surface area contributed by atoms with Gasteiger partial charge in [0.1, 0.15) is 0 Å². The molecule has 1 aliphatic heterocycles. The second-order valence-electron chi connectivity index (χ2n) is 8.85. The standard InChI is InChI=1S/C22H28N2O2/c25-21-8-3-9-24(21)13-14-4-1-5-15(10-14)22(26)23-20-12-16-11-19(20)18-7-2-6-17(16)18/h1,4-5,10,16-20H,2-3,6-9,11-13H2,(H,23,26)/t16-,17-,18+,19+,20-/m1/s1. The van der Waals surface area contributed by atoms with E-state index in [1.165, 1.54) is 32.1 Å². The molecule has 4 heteroatoms. The number of fused-ring (bicyclic) bond motifs is 5. The summed E-state index contributed by atoms with van der Waals surface area (Å²) in [4.78, 5) is 26.6. The van der Waals surface area contributed by atoms with Crippen molar-refractivity contribution < 1.29 is 9.59 Å². The normalized spacial score (nSPS) is 35.2. The van der Waals surface area contributed by atoms with Gasteiger partial charge in [-0.15, -0.1) is 0 Å². The van der Waals surface area contributed by atoms with Gasteiger partial charge in [-0.2, -0.15) is 0 Å². The van der Waals surface area contributed by atoms with Crippen molar-refractivity contribution in [2.75, 3.05) is 6.54 Å². The van der Waals surface area contributed by atoms with Crippen LogP contribution in [-0.4, -0.2) is 29.3 Å². The Bertz CT molecular complexity index is 731. The molecule has 1 N–H and O–H groups in total. The molecular weight excluding hydrogens is 324 g/mol. The maximum Gasteiger partial charge on any atom is 0.251 e. The number of carbonyl (C=O) groups is 2. The van der Waals surface area contributed by atoms with Gasteiger partial charge in [-0.25, -0.2) is 0 Å². The largest absolute Gasteiger partial charge is 0.349 e. The van der Waals surface area contributed by atoms with Crippen LogP contribution in [0.25, 0.3) is 0 Å². The van der Waals surface area contributed by atoms with E-state index in [2.05, 4.69) is 5.32 Å². The highest BCUT2D eigenvalue weighted by atomic mass is 16.2. The number of nitrogens with one attached hydrogen (secondary N) is 1. The molecule has 2 amide bonds. The number of hydrogen-bond acceptors (Lipinski definition) is 2. The van der Waals surface area contributed by atoms with Gasteiger partial charge in [0.15, 0.2) is 0 Å². The molecule has 5 rings (SSSR count). The van der Waals surface area contributed by atoms with E-state index in [1.807, 2.05) is 29.2 Å². The first-order valence-corrected chi connectivity index (χ1v) is 10.4. The van der Waals surface area contributed by atoms with Crippen LogP contribution in [-0.2, 0) is 11.3 Å². The van der Waals surface area contributed by atoms with Crippen molar-refractivity contribution in [2.24, 2.45) is 23.7 Å². The maximum atomic E-state index is 12.8. The molecule has 3 saturated carbocycles. The van der Waals surface area contributed by atoms with E-state index in [1.54, 1.807) is 0 Å². The van der Waals surface area contributed by atoms with Crippen molar-refractivity contribution in [1.82, 2.24) is 10.2 Å². The molecule has 4 nitrogen and oxygen atoms in total. The van der Waals surface area contributed by atoms with E-state index in [0.717, 1.165) is 41.8 Å². The van der Waals surface area contributed by atoms with Crippen LogP contribution >= 0.6 is 0 Å². The number of rotatable bonds is 4. The molecule has 1 saturated heterocycles. The van der Waals surface area contributed by atoms with E-state index < -0.39 is 0 Å². The maximum absolute atomic E-state index is 12.8. The summed E-state index contributed by atoms with van der Waals surface area (Å²) in [6.45, 7) is 1.46. The number of amides is 2. The number of hydrogen-bond donors (Lipinski definition) is 1. The zero-order valence-electron chi connectivity index (χ0n) is 15.3. The van der Waals surface area contributed by atoms with E-state index in [9.17, 15) is 9.59 Å². The second kappa shape index (κ2) is 6.40. The topological polar surface area (TPSA) is 49.4 Å². The van der Waals surface area contributed by atoms with Crippen molar-refractivity contribution in [1.29, 1.82) is 0 Å². The predicted molar refractivity (Wildman–Crippen MR) is 99.4 cm³/mol. The highest BCUT2D eigenvalue weighted by Gasteiger charge is 2.54. The number of nitrogens with zero attached hydrogens (tertiary/aromatic N) is 1. The van der Waals surface area contributed by atoms with E-state index in [4.69, 9.17) is 0 Å². The first-order valence-electron chi connectivity index (χ1n) is 10.4. The fourth-order valence-electron chi connectivity index (χ4n) is 6.39. The third-order valence-corrected chi connectivity index (χ3v) is 7.48. The number of benzene rings is 1. The third kappa shape index (κ3) is 2.74. The van der Waals surface area contributed by atoms with Crippen molar-refractivity contribution in [3.63, 3.8) is 0 Å². The van der Waals surface area contributed by atoms with Crippen LogP contribution in [0.5, 0.6) is 0 Å². The highest BCUT2D eigenvalue weighted by molar-refractivity contribution is 5.94. The highest BCUT2D eigenvalue weighted by Crippen LogP contribution is 2.58. The summed E-state index contributed by atoms with van der Waals surface area (Å²) in [5.74, 6) is 3.67. The van der Waals surface area contributed by atoms with Crippen LogP contribution < -0.4 is 5.32 Å². The molecule has 1 aromatic carbocycles. The Hall–Kier alpha value is -1.84. The Morgan fingerprint density at radius 2 is 2.00 bits per heavy atom. The lowest BCUT2D eigenvalue weighted by molar-refractivity contribution is -0.128. The van der Waals surface area contributed by atoms with Gasteiger partial charge in [-0.05, 0) is 73.5 Å². The summed E-state index contributed by atoms with van der Waals surface area (Å²) in [5, 5.41) is 3.35. The molecule has 3 aliphatic carbocycles. The molecule has 0 aromatic heterocycles. The van der Waals surface area contributed by atoms with Crippen LogP contribution in [0, 0.1) is 23.7 Å². The van der Waals surface area contributed by atoms with Crippen molar-refractivity contribution in [2.45, 2.75) is 57.5 Å². The van der Waals surface area contributed by atoms with Crippen molar-refractivity contribution >= 4 is 11.8 Å². The summed E-state index contributed by atoms with van der Waals surface area (Å²) >= 11 is 0. The molecule has 26 heavy (non-hydrogen) atoms. The predicted octanol–water partition coefficient (Wildman–Crippen LogP) is 3.36. The lowest BCUT2D eigenvalue weighted by atomic mass is 9.79. The summed E-state index contributed by atoms with van der Waals surface area (Å²) in [5.41, 5.74) is 1.79. The number of likely N-dealkylation sites (tertiary alicyclic amines) is 1. The molecule has 138 valence electrons. The Morgan fingerprint density at radius 3 is 2.85 bits per heavy atom. The molecule has 4 fully saturated rings. The van der Waals surface area contributed by atoms with Crippen LogP contribution in [0.15, 0.2) is 24.3 Å². The van der Waals surface area contributed by atoms with E-state index >= 15 is 0 Å². The zero-order valence-corrected chi connectivity index (χ0v) is 15.3. The van der Waals surface area contributed by atoms with Crippen LogP contribution in [0.4, 0.5) is 0 Å². The summed E-state index contributed by atoms with van der Waals surface area (Å²) in [6.07, 6.45) is 8.30. The SMILES string of the molecule is O=C(N[C@@H]1C[C@H]2C[C@H]1[C@H]1CCC[C@H]21)c1cccc(CN2CCCC2=O)c1. The first kappa shape index (κ1) is 16.3. The average Bonchev–Trinajstić information content (AvgIpc) is 3.39. The minimum Gasteiger partial charge on any atom is -0.349 e. The zero-order chi connectivity index (χ0) is 17.7.